The summed E-state index contributed by atoms with van der Waals surface area (Å²) in [5.74, 6) is -0.200. The molecule has 0 fully saturated rings. The summed E-state index contributed by atoms with van der Waals surface area (Å²) in [4.78, 5) is 10.9. The Morgan fingerprint density at radius 3 is 2.23 bits per heavy atom. The van der Waals surface area contributed by atoms with Crippen LogP contribution in [0.25, 0.3) is 0 Å². The summed E-state index contributed by atoms with van der Waals surface area (Å²) in [7, 11) is 1.40. The summed E-state index contributed by atoms with van der Waals surface area (Å²) in [5, 5.41) is 8.95. The Morgan fingerprint density at radius 1 is 1.05 bits per heavy atom. The molecule has 22 heavy (non-hydrogen) atoms. The van der Waals surface area contributed by atoms with Gasteiger partial charge in [-0.05, 0) is 23.3 Å². The first kappa shape index (κ1) is 17.9. The molecule has 114 valence electrons. The van der Waals surface area contributed by atoms with Gasteiger partial charge in [-0.15, -0.1) is 0 Å². The predicted molar refractivity (Wildman–Crippen MR) is 87.9 cm³/mol. The van der Waals surface area contributed by atoms with Crippen LogP contribution in [0.2, 0.25) is 0 Å². The molecule has 0 aliphatic rings. The van der Waals surface area contributed by atoms with Gasteiger partial charge in [0, 0.05) is 13.5 Å². The topological polar surface area (TPSA) is 55.8 Å². The molecule has 4 nitrogen and oxygen atoms in total. The first-order valence-corrected chi connectivity index (χ1v) is 6.70. The van der Waals surface area contributed by atoms with Crippen molar-refractivity contribution < 1.29 is 19.4 Å². The number of rotatable bonds is 7. The molecular weight excluding hydrogens is 277 g/mol. The first-order chi connectivity index (χ1) is 10.2. The van der Waals surface area contributed by atoms with E-state index >= 15 is 0 Å². The van der Waals surface area contributed by atoms with Crippen LogP contribution in [-0.4, -0.2) is 34.4 Å². The fraction of sp³-hybridized carbons (Fsp3) is 0.235. The van der Waals surface area contributed by atoms with Gasteiger partial charge < -0.3 is 14.6 Å². The zero-order valence-electron chi connectivity index (χ0n) is 11.9. The van der Waals surface area contributed by atoms with E-state index in [1.807, 2.05) is 54.6 Å². The minimum atomic E-state index is -0.957. The maximum absolute atomic E-state index is 10.9. The summed E-state index contributed by atoms with van der Waals surface area (Å²) in [6.07, 6.45) is -0.480. The third-order valence-electron chi connectivity index (χ3n) is 3.15. The van der Waals surface area contributed by atoms with Crippen LogP contribution in [-0.2, 0) is 22.6 Å². The Morgan fingerprint density at radius 2 is 1.68 bits per heavy atom. The van der Waals surface area contributed by atoms with Gasteiger partial charge >= 0.3 is 16.1 Å². The summed E-state index contributed by atoms with van der Waals surface area (Å²) in [6, 6.07) is 17.3. The van der Waals surface area contributed by atoms with E-state index in [1.165, 1.54) is 7.11 Å². The minimum absolute atomic E-state index is 0. The number of methoxy groups -OCH3 is 1. The summed E-state index contributed by atoms with van der Waals surface area (Å²) in [5.41, 5.74) is 2.00. The quantitative estimate of drug-likeness (QED) is 0.794. The summed E-state index contributed by atoms with van der Waals surface area (Å²) in [6.45, 7) is 0.510. The van der Waals surface area contributed by atoms with Gasteiger partial charge in [0.15, 0.2) is 6.10 Å². The van der Waals surface area contributed by atoms with Crippen molar-refractivity contribution in [1.82, 2.24) is 0 Å². The maximum atomic E-state index is 10.9. The molecule has 0 saturated heterocycles. The average molecular weight is 297 g/mol. The van der Waals surface area contributed by atoms with Gasteiger partial charge in [-0.25, -0.2) is 4.79 Å². The Hall–Kier alpha value is -2.16. The molecule has 0 bridgehead atoms. The second kappa shape index (κ2) is 8.98. The Bertz CT molecular complexity index is 569. The van der Waals surface area contributed by atoms with Crippen molar-refractivity contribution in [1.29, 1.82) is 0 Å². The van der Waals surface area contributed by atoms with Crippen molar-refractivity contribution in [3.8, 4) is 5.75 Å². The predicted octanol–water partition coefficient (Wildman–Crippen LogP) is 1.99. The fourth-order valence-corrected chi connectivity index (χ4v) is 1.95. The monoisotopic (exact) mass is 297 g/mol. The number of hydrogen-bond acceptors (Lipinski definition) is 3. The third-order valence-corrected chi connectivity index (χ3v) is 3.15. The molecule has 0 aromatic heterocycles. The SMILES string of the molecule is COC(Cc1ccc(OCc2ccccc2)cc1)C(=O)O.[BeH2]. The standard InChI is InChI=1S/C17H18O4.Be.2H/c1-20-16(17(18)19)11-13-7-9-15(10-8-13)21-12-14-5-3-2-4-6-14;;;/h2-10,16H,11-12H2,1H3,(H,18,19);;;. The first-order valence-electron chi connectivity index (χ1n) is 6.70. The molecule has 2 aromatic rings. The molecule has 2 rings (SSSR count). The number of carboxylic acid groups (broad SMARTS) is 1. The Balaban J connectivity index is 0.00000242. The van der Waals surface area contributed by atoms with Crippen LogP contribution in [0.4, 0.5) is 0 Å². The van der Waals surface area contributed by atoms with Gasteiger partial charge in [-0.1, -0.05) is 42.5 Å². The molecule has 5 heteroatoms. The van der Waals surface area contributed by atoms with Crippen molar-refractivity contribution in [3.63, 3.8) is 0 Å². The molecule has 0 heterocycles. The summed E-state index contributed by atoms with van der Waals surface area (Å²) >= 11 is 0. The van der Waals surface area contributed by atoms with Gasteiger partial charge in [0.25, 0.3) is 0 Å². The van der Waals surface area contributed by atoms with Crippen molar-refractivity contribution in [2.75, 3.05) is 7.11 Å². The van der Waals surface area contributed by atoms with Crippen LogP contribution >= 0.6 is 0 Å². The van der Waals surface area contributed by atoms with Crippen LogP contribution in [0.15, 0.2) is 54.6 Å². The molecular formula is C17H20BeO4. The van der Waals surface area contributed by atoms with Gasteiger partial charge in [0.1, 0.15) is 12.4 Å². The van der Waals surface area contributed by atoms with E-state index in [0.717, 1.165) is 16.9 Å². The zero-order valence-corrected chi connectivity index (χ0v) is 11.9. The van der Waals surface area contributed by atoms with E-state index < -0.39 is 12.1 Å². The molecule has 0 saturated carbocycles. The van der Waals surface area contributed by atoms with E-state index in [1.54, 1.807) is 0 Å². The third kappa shape index (κ3) is 5.32. The number of aliphatic carboxylic acids is 1. The summed E-state index contributed by atoms with van der Waals surface area (Å²) < 4.78 is 10.6. The molecule has 0 amide bonds. The second-order valence-corrected chi connectivity index (χ2v) is 4.68. The Labute approximate surface area is 133 Å². The molecule has 1 atom stereocenters. The number of ether oxygens (including phenoxy) is 2. The zero-order chi connectivity index (χ0) is 15.1. The number of carbonyl (C=O) groups is 1. The van der Waals surface area contributed by atoms with Crippen LogP contribution in [0, 0.1) is 0 Å². The van der Waals surface area contributed by atoms with Crippen molar-refractivity contribution in [3.05, 3.63) is 65.7 Å². The number of hydrogen-bond donors (Lipinski definition) is 1. The van der Waals surface area contributed by atoms with Gasteiger partial charge in [0.05, 0.1) is 0 Å². The molecule has 2 aromatic carbocycles. The number of carboxylic acids is 1. The van der Waals surface area contributed by atoms with Gasteiger partial charge in [0.2, 0.25) is 0 Å². The van der Waals surface area contributed by atoms with E-state index in [-0.39, 0.29) is 10.1 Å². The normalized spacial score (nSPS) is 11.3. The van der Waals surface area contributed by atoms with Crippen molar-refractivity contribution in [2.45, 2.75) is 19.1 Å². The van der Waals surface area contributed by atoms with E-state index in [9.17, 15) is 4.79 Å². The van der Waals surface area contributed by atoms with Gasteiger partial charge in [-0.2, -0.15) is 0 Å². The molecule has 0 aliphatic carbocycles. The molecule has 0 aliphatic heterocycles. The van der Waals surface area contributed by atoms with Crippen LogP contribution in [0.3, 0.4) is 0 Å². The molecule has 0 radical (unpaired) electrons. The average Bonchev–Trinajstić information content (AvgIpc) is 2.52. The second-order valence-electron chi connectivity index (χ2n) is 4.68. The van der Waals surface area contributed by atoms with Crippen molar-refractivity contribution >= 4 is 16.1 Å². The Kier molecular flexibility index (Phi) is 7.30. The fourth-order valence-electron chi connectivity index (χ4n) is 1.95. The molecule has 1 N–H and O–H groups in total. The molecule has 1 unspecified atom stereocenters. The molecule has 0 spiro atoms. The van der Waals surface area contributed by atoms with Crippen LogP contribution < -0.4 is 4.74 Å². The van der Waals surface area contributed by atoms with Crippen LogP contribution in [0.1, 0.15) is 11.1 Å². The van der Waals surface area contributed by atoms with E-state index in [2.05, 4.69) is 0 Å². The van der Waals surface area contributed by atoms with Gasteiger partial charge in [-0.3, -0.25) is 0 Å². The van der Waals surface area contributed by atoms with E-state index in [0.29, 0.717) is 13.0 Å². The van der Waals surface area contributed by atoms with E-state index in [4.69, 9.17) is 14.6 Å². The van der Waals surface area contributed by atoms with Crippen molar-refractivity contribution in [2.24, 2.45) is 0 Å². The van der Waals surface area contributed by atoms with Crippen LogP contribution in [0.5, 0.6) is 5.75 Å². The number of benzene rings is 2.